The third kappa shape index (κ3) is 1.63. The number of aliphatic hydroxyl groups is 1. The lowest BCUT2D eigenvalue weighted by Crippen LogP contribution is -2.24. The molecule has 2 rings (SSSR count). The number of nitrogens with zero attached hydrogens (tertiary/aromatic N) is 3. The van der Waals surface area contributed by atoms with Crippen LogP contribution < -0.4 is 0 Å². The normalized spacial score (nSPS) is 27.0. The standard InChI is InChI=1S/C8H13N3O3/c1-13-8-5-14-4-7(8)11-2-6(3-12)9-10-11/h2,7-8,12H,3-5H2,1H3/t7-,8-/m0/s1. The minimum atomic E-state index is -0.0920. The SMILES string of the molecule is CO[C@H]1COC[C@@H]1n1cc(CO)nn1. The fourth-order valence-corrected chi connectivity index (χ4v) is 1.54. The summed E-state index contributed by atoms with van der Waals surface area (Å²) in [5.41, 5.74) is 0.562. The molecule has 78 valence electrons. The molecule has 1 fully saturated rings. The molecule has 2 atom stereocenters. The van der Waals surface area contributed by atoms with Crippen molar-refractivity contribution in [1.29, 1.82) is 0 Å². The quantitative estimate of drug-likeness (QED) is 0.701. The Morgan fingerprint density at radius 2 is 2.57 bits per heavy atom. The molecule has 0 bridgehead atoms. The third-order valence-corrected chi connectivity index (χ3v) is 2.36. The van der Waals surface area contributed by atoms with E-state index in [4.69, 9.17) is 14.6 Å². The van der Waals surface area contributed by atoms with Gasteiger partial charge in [0.2, 0.25) is 0 Å². The van der Waals surface area contributed by atoms with E-state index in [1.807, 2.05) is 0 Å². The molecule has 0 radical (unpaired) electrons. The Morgan fingerprint density at radius 3 is 3.21 bits per heavy atom. The summed E-state index contributed by atoms with van der Waals surface area (Å²) in [5.74, 6) is 0. The number of hydrogen-bond acceptors (Lipinski definition) is 5. The summed E-state index contributed by atoms with van der Waals surface area (Å²) in [6, 6.07) is 0.0628. The second-order valence-corrected chi connectivity index (χ2v) is 3.23. The molecule has 0 amide bonds. The van der Waals surface area contributed by atoms with Gasteiger partial charge in [-0.3, -0.25) is 0 Å². The maximum absolute atomic E-state index is 8.84. The second kappa shape index (κ2) is 4.04. The summed E-state index contributed by atoms with van der Waals surface area (Å²) < 4.78 is 12.2. The molecule has 6 heteroatoms. The predicted molar refractivity (Wildman–Crippen MR) is 46.6 cm³/mol. The van der Waals surface area contributed by atoms with Gasteiger partial charge in [0, 0.05) is 7.11 Å². The van der Waals surface area contributed by atoms with Crippen LogP contribution in [-0.4, -0.2) is 46.5 Å². The van der Waals surface area contributed by atoms with Gasteiger partial charge in [-0.1, -0.05) is 5.21 Å². The highest BCUT2D eigenvalue weighted by molar-refractivity contribution is 4.93. The lowest BCUT2D eigenvalue weighted by molar-refractivity contribution is 0.0661. The highest BCUT2D eigenvalue weighted by Gasteiger charge is 2.30. The number of ether oxygens (including phenoxy) is 2. The first kappa shape index (κ1) is 9.57. The lowest BCUT2D eigenvalue weighted by Gasteiger charge is -2.15. The van der Waals surface area contributed by atoms with Gasteiger partial charge >= 0.3 is 0 Å². The van der Waals surface area contributed by atoms with E-state index in [1.165, 1.54) is 0 Å². The van der Waals surface area contributed by atoms with E-state index in [9.17, 15) is 0 Å². The van der Waals surface area contributed by atoms with Crippen LogP contribution in [0.4, 0.5) is 0 Å². The molecule has 0 aliphatic carbocycles. The maximum atomic E-state index is 8.84. The van der Waals surface area contributed by atoms with Crippen molar-refractivity contribution in [3.63, 3.8) is 0 Å². The highest BCUT2D eigenvalue weighted by Crippen LogP contribution is 2.20. The van der Waals surface area contributed by atoms with Crippen molar-refractivity contribution in [2.24, 2.45) is 0 Å². The summed E-state index contributed by atoms with van der Waals surface area (Å²) in [4.78, 5) is 0. The van der Waals surface area contributed by atoms with E-state index < -0.39 is 0 Å². The van der Waals surface area contributed by atoms with Gasteiger partial charge in [-0.05, 0) is 0 Å². The van der Waals surface area contributed by atoms with Crippen LogP contribution in [0.5, 0.6) is 0 Å². The zero-order valence-corrected chi connectivity index (χ0v) is 7.96. The Labute approximate surface area is 81.4 Å². The Kier molecular flexibility index (Phi) is 2.76. The first-order valence-corrected chi connectivity index (χ1v) is 4.47. The Bertz CT molecular complexity index is 302. The molecule has 1 aliphatic heterocycles. The van der Waals surface area contributed by atoms with Gasteiger partial charge in [0.1, 0.15) is 17.8 Å². The molecule has 0 spiro atoms. The van der Waals surface area contributed by atoms with Gasteiger partial charge in [-0.15, -0.1) is 5.10 Å². The van der Waals surface area contributed by atoms with Crippen molar-refractivity contribution < 1.29 is 14.6 Å². The molecule has 0 unspecified atom stereocenters. The van der Waals surface area contributed by atoms with Crippen LogP contribution in [0.3, 0.4) is 0 Å². The molecule has 1 aliphatic rings. The van der Waals surface area contributed by atoms with Gasteiger partial charge in [0.15, 0.2) is 0 Å². The van der Waals surface area contributed by atoms with Crippen molar-refractivity contribution in [2.45, 2.75) is 18.8 Å². The molecule has 6 nitrogen and oxygen atoms in total. The fraction of sp³-hybridized carbons (Fsp3) is 0.750. The van der Waals surface area contributed by atoms with Gasteiger partial charge < -0.3 is 14.6 Å². The summed E-state index contributed by atoms with van der Waals surface area (Å²) in [5, 5.41) is 16.6. The van der Waals surface area contributed by atoms with Crippen LogP contribution in [0.2, 0.25) is 0 Å². The van der Waals surface area contributed by atoms with E-state index in [0.717, 1.165) is 0 Å². The number of aliphatic hydroxyl groups excluding tert-OH is 1. The molecule has 0 aromatic carbocycles. The van der Waals surface area contributed by atoms with Crippen molar-refractivity contribution in [1.82, 2.24) is 15.0 Å². The molecule has 1 saturated heterocycles. The second-order valence-electron chi connectivity index (χ2n) is 3.23. The summed E-state index contributed by atoms with van der Waals surface area (Å²) in [7, 11) is 1.65. The number of rotatable bonds is 3. The zero-order chi connectivity index (χ0) is 9.97. The monoisotopic (exact) mass is 199 g/mol. The average molecular weight is 199 g/mol. The molecular weight excluding hydrogens is 186 g/mol. The van der Waals surface area contributed by atoms with Crippen LogP contribution in [0.25, 0.3) is 0 Å². The fourth-order valence-electron chi connectivity index (χ4n) is 1.54. The molecule has 2 heterocycles. The van der Waals surface area contributed by atoms with Gasteiger partial charge in [-0.25, -0.2) is 4.68 Å². The van der Waals surface area contributed by atoms with E-state index in [2.05, 4.69) is 10.3 Å². The highest BCUT2D eigenvalue weighted by atomic mass is 16.5. The topological polar surface area (TPSA) is 69.4 Å². The summed E-state index contributed by atoms with van der Waals surface area (Å²) in [6.07, 6.45) is 1.73. The lowest BCUT2D eigenvalue weighted by atomic mass is 10.2. The van der Waals surface area contributed by atoms with Crippen molar-refractivity contribution in [3.8, 4) is 0 Å². The van der Waals surface area contributed by atoms with Crippen molar-refractivity contribution >= 4 is 0 Å². The largest absolute Gasteiger partial charge is 0.390 e. The van der Waals surface area contributed by atoms with E-state index in [0.29, 0.717) is 18.9 Å². The maximum Gasteiger partial charge on any atom is 0.108 e. The molecule has 0 saturated carbocycles. The van der Waals surface area contributed by atoms with E-state index in [-0.39, 0.29) is 18.8 Å². The average Bonchev–Trinajstić information content (AvgIpc) is 2.85. The Balaban J connectivity index is 2.13. The third-order valence-electron chi connectivity index (χ3n) is 2.36. The molecule has 1 N–H and O–H groups in total. The number of methoxy groups -OCH3 is 1. The zero-order valence-electron chi connectivity index (χ0n) is 7.96. The minimum absolute atomic E-state index is 0.0169. The van der Waals surface area contributed by atoms with E-state index >= 15 is 0 Å². The van der Waals surface area contributed by atoms with Crippen molar-refractivity contribution in [2.75, 3.05) is 20.3 Å². The number of hydrogen-bond donors (Lipinski definition) is 1. The van der Waals surface area contributed by atoms with Crippen molar-refractivity contribution in [3.05, 3.63) is 11.9 Å². The minimum Gasteiger partial charge on any atom is -0.390 e. The summed E-state index contributed by atoms with van der Waals surface area (Å²) >= 11 is 0. The van der Waals surface area contributed by atoms with Crippen LogP contribution in [-0.2, 0) is 16.1 Å². The summed E-state index contributed by atoms with van der Waals surface area (Å²) in [6.45, 7) is 1.06. The Hall–Kier alpha value is -0.980. The van der Waals surface area contributed by atoms with Crippen LogP contribution in [0.1, 0.15) is 11.7 Å². The predicted octanol–water partition coefficient (Wildman–Crippen LogP) is -0.643. The first-order chi connectivity index (χ1) is 6.85. The van der Waals surface area contributed by atoms with Crippen LogP contribution >= 0.6 is 0 Å². The van der Waals surface area contributed by atoms with E-state index in [1.54, 1.807) is 18.0 Å². The van der Waals surface area contributed by atoms with Crippen LogP contribution in [0, 0.1) is 0 Å². The molecule has 1 aromatic rings. The number of aromatic nitrogens is 3. The molecule has 14 heavy (non-hydrogen) atoms. The first-order valence-electron chi connectivity index (χ1n) is 4.47. The van der Waals surface area contributed by atoms with Gasteiger partial charge in [0.25, 0.3) is 0 Å². The Morgan fingerprint density at radius 1 is 1.71 bits per heavy atom. The van der Waals surface area contributed by atoms with Crippen LogP contribution in [0.15, 0.2) is 6.20 Å². The van der Waals surface area contributed by atoms with Gasteiger partial charge in [0.05, 0.1) is 26.0 Å². The smallest absolute Gasteiger partial charge is 0.108 e. The molecular formula is C8H13N3O3. The van der Waals surface area contributed by atoms with Gasteiger partial charge in [-0.2, -0.15) is 0 Å². The molecule has 1 aromatic heterocycles.